The molecule has 0 unspecified atom stereocenters. The fourth-order valence-corrected chi connectivity index (χ4v) is 3.72. The first-order valence-corrected chi connectivity index (χ1v) is 10.1. The maximum atomic E-state index is 12.3. The number of sulfonamides is 1. The number of hydrogen-bond donors (Lipinski definition) is 2. The van der Waals surface area contributed by atoms with Crippen LogP contribution in [0.4, 0.5) is 15.6 Å². The van der Waals surface area contributed by atoms with E-state index in [2.05, 4.69) is 27.2 Å². The van der Waals surface area contributed by atoms with Gasteiger partial charge in [0.1, 0.15) is 5.01 Å². The molecule has 1 aromatic heterocycles. The summed E-state index contributed by atoms with van der Waals surface area (Å²) in [4.78, 5) is 11.7. The normalized spacial score (nSPS) is 11.1. The molecule has 0 saturated carbocycles. The SMILES string of the molecule is CCCCCOC(=O)Nc1ccc(S(=O)(=O)Nc2nnc(C)s2)cc1. The number of unbranched alkanes of at least 4 members (excludes halogenated alkanes) is 2. The molecule has 10 heteroatoms. The minimum Gasteiger partial charge on any atom is -0.449 e. The first-order chi connectivity index (χ1) is 11.9. The van der Waals surface area contributed by atoms with E-state index in [-0.39, 0.29) is 10.0 Å². The van der Waals surface area contributed by atoms with Crippen LogP contribution in [0.25, 0.3) is 0 Å². The van der Waals surface area contributed by atoms with Crippen molar-refractivity contribution in [3.63, 3.8) is 0 Å². The Bertz CT molecular complexity index is 803. The molecule has 0 bridgehead atoms. The minimum atomic E-state index is -3.75. The van der Waals surface area contributed by atoms with Crippen LogP contribution < -0.4 is 10.0 Å². The second-order valence-electron chi connectivity index (χ2n) is 5.22. The van der Waals surface area contributed by atoms with E-state index < -0.39 is 16.1 Å². The van der Waals surface area contributed by atoms with Gasteiger partial charge >= 0.3 is 6.09 Å². The molecule has 2 rings (SSSR count). The van der Waals surface area contributed by atoms with Crippen molar-refractivity contribution in [2.75, 3.05) is 16.6 Å². The summed E-state index contributed by atoms with van der Waals surface area (Å²) in [5, 5.41) is 10.9. The average Bonchev–Trinajstić information content (AvgIpc) is 2.96. The molecule has 0 saturated heterocycles. The Hall–Kier alpha value is -2.20. The smallest absolute Gasteiger partial charge is 0.411 e. The van der Waals surface area contributed by atoms with Gasteiger partial charge in [-0.1, -0.05) is 31.1 Å². The number of anilines is 2. The van der Waals surface area contributed by atoms with Crippen molar-refractivity contribution in [2.45, 2.75) is 38.0 Å². The van der Waals surface area contributed by atoms with Gasteiger partial charge in [0.05, 0.1) is 11.5 Å². The molecule has 0 radical (unpaired) electrons. The third-order valence-electron chi connectivity index (χ3n) is 3.14. The number of amides is 1. The van der Waals surface area contributed by atoms with Crippen LogP contribution in [0.2, 0.25) is 0 Å². The zero-order valence-corrected chi connectivity index (χ0v) is 15.6. The van der Waals surface area contributed by atoms with E-state index in [0.717, 1.165) is 30.6 Å². The fourth-order valence-electron chi connectivity index (χ4n) is 1.90. The minimum absolute atomic E-state index is 0.0576. The topological polar surface area (TPSA) is 110 Å². The standard InChI is InChI=1S/C15H20N4O4S2/c1-3-4-5-10-23-15(20)16-12-6-8-13(9-7-12)25(21,22)19-14-18-17-11(2)24-14/h6-9H,3-5,10H2,1-2H3,(H,16,20)(H,18,19). The maximum Gasteiger partial charge on any atom is 0.411 e. The molecule has 2 N–H and O–H groups in total. The summed E-state index contributed by atoms with van der Waals surface area (Å²) >= 11 is 1.15. The number of aromatic nitrogens is 2. The van der Waals surface area contributed by atoms with Crippen molar-refractivity contribution in [3.8, 4) is 0 Å². The van der Waals surface area contributed by atoms with Gasteiger partial charge in [-0.25, -0.2) is 13.2 Å². The van der Waals surface area contributed by atoms with Crippen molar-refractivity contribution >= 4 is 38.3 Å². The number of carbonyl (C=O) groups excluding carboxylic acids is 1. The zero-order chi connectivity index (χ0) is 18.3. The third kappa shape index (κ3) is 5.98. The molecular formula is C15H20N4O4S2. The molecule has 1 amide bonds. The fraction of sp³-hybridized carbons (Fsp3) is 0.400. The number of aryl methyl sites for hydroxylation is 1. The second-order valence-corrected chi connectivity index (χ2v) is 8.09. The van der Waals surface area contributed by atoms with Crippen LogP contribution in [0.3, 0.4) is 0 Å². The van der Waals surface area contributed by atoms with Gasteiger partial charge in [-0.15, -0.1) is 10.2 Å². The van der Waals surface area contributed by atoms with E-state index in [0.29, 0.717) is 17.3 Å². The average molecular weight is 384 g/mol. The molecule has 0 aliphatic rings. The van der Waals surface area contributed by atoms with E-state index in [1.807, 2.05) is 0 Å². The highest BCUT2D eigenvalue weighted by molar-refractivity contribution is 7.93. The predicted octanol–water partition coefficient (Wildman–Crippen LogP) is 3.39. The monoisotopic (exact) mass is 384 g/mol. The van der Waals surface area contributed by atoms with Gasteiger partial charge in [-0.2, -0.15) is 0 Å². The summed E-state index contributed by atoms with van der Waals surface area (Å²) in [6.45, 7) is 4.16. The molecule has 25 heavy (non-hydrogen) atoms. The van der Waals surface area contributed by atoms with Gasteiger partial charge in [0.15, 0.2) is 0 Å². The number of hydrogen-bond acceptors (Lipinski definition) is 7. The second kappa shape index (κ2) is 8.77. The van der Waals surface area contributed by atoms with Gasteiger partial charge in [-0.3, -0.25) is 10.0 Å². The highest BCUT2D eigenvalue weighted by Crippen LogP contribution is 2.20. The van der Waals surface area contributed by atoms with Crippen molar-refractivity contribution in [3.05, 3.63) is 29.3 Å². The largest absolute Gasteiger partial charge is 0.449 e. The number of ether oxygens (including phenoxy) is 1. The Morgan fingerprint density at radius 1 is 1.20 bits per heavy atom. The van der Waals surface area contributed by atoms with Gasteiger partial charge in [0, 0.05) is 5.69 Å². The summed E-state index contributed by atoms with van der Waals surface area (Å²) < 4.78 is 31.9. The van der Waals surface area contributed by atoms with Crippen molar-refractivity contribution in [1.82, 2.24) is 10.2 Å². The molecule has 1 heterocycles. The quantitative estimate of drug-likeness (QED) is 0.675. The Morgan fingerprint density at radius 3 is 2.52 bits per heavy atom. The summed E-state index contributed by atoms with van der Waals surface area (Å²) in [5.74, 6) is 0. The van der Waals surface area contributed by atoms with E-state index in [1.165, 1.54) is 24.3 Å². The lowest BCUT2D eigenvalue weighted by atomic mass is 10.3. The predicted molar refractivity (Wildman–Crippen MR) is 96.4 cm³/mol. The molecule has 0 fully saturated rings. The molecule has 2 aromatic rings. The molecular weight excluding hydrogens is 364 g/mol. The summed E-state index contributed by atoms with van der Waals surface area (Å²) in [7, 11) is -3.75. The van der Waals surface area contributed by atoms with Crippen LogP contribution in [0.1, 0.15) is 31.2 Å². The lowest BCUT2D eigenvalue weighted by Gasteiger charge is -2.08. The molecule has 0 spiro atoms. The first kappa shape index (κ1) is 19.1. The Balaban J connectivity index is 1.93. The first-order valence-electron chi connectivity index (χ1n) is 7.77. The van der Waals surface area contributed by atoms with Crippen LogP contribution >= 0.6 is 11.3 Å². The van der Waals surface area contributed by atoms with Crippen LogP contribution in [-0.2, 0) is 14.8 Å². The summed E-state index contributed by atoms with van der Waals surface area (Å²) in [5.41, 5.74) is 0.450. The zero-order valence-electron chi connectivity index (χ0n) is 14.0. The Kier molecular flexibility index (Phi) is 6.71. The van der Waals surface area contributed by atoms with Crippen molar-refractivity contribution in [1.29, 1.82) is 0 Å². The van der Waals surface area contributed by atoms with Crippen LogP contribution in [0.5, 0.6) is 0 Å². The highest BCUT2D eigenvalue weighted by atomic mass is 32.2. The number of nitrogens with zero attached hydrogens (tertiary/aromatic N) is 2. The number of carbonyl (C=O) groups is 1. The number of benzene rings is 1. The lowest BCUT2D eigenvalue weighted by molar-refractivity contribution is 0.159. The van der Waals surface area contributed by atoms with Crippen LogP contribution in [0.15, 0.2) is 29.2 Å². The van der Waals surface area contributed by atoms with Gasteiger partial charge in [0.25, 0.3) is 10.0 Å². The number of nitrogens with one attached hydrogen (secondary N) is 2. The van der Waals surface area contributed by atoms with Gasteiger partial charge in [-0.05, 0) is 37.6 Å². The number of rotatable bonds is 8. The van der Waals surface area contributed by atoms with E-state index in [9.17, 15) is 13.2 Å². The van der Waals surface area contributed by atoms with E-state index in [4.69, 9.17) is 4.74 Å². The van der Waals surface area contributed by atoms with Crippen LogP contribution in [0, 0.1) is 6.92 Å². The molecule has 136 valence electrons. The summed E-state index contributed by atoms with van der Waals surface area (Å²) in [6.07, 6.45) is 2.30. The maximum absolute atomic E-state index is 12.3. The van der Waals surface area contributed by atoms with Gasteiger partial charge < -0.3 is 4.74 Å². The third-order valence-corrected chi connectivity index (χ3v) is 5.38. The molecule has 0 atom stereocenters. The molecule has 8 nitrogen and oxygen atoms in total. The van der Waals surface area contributed by atoms with E-state index in [1.54, 1.807) is 6.92 Å². The van der Waals surface area contributed by atoms with Gasteiger partial charge in [0.2, 0.25) is 5.13 Å². The molecule has 0 aliphatic heterocycles. The molecule has 1 aromatic carbocycles. The van der Waals surface area contributed by atoms with Crippen molar-refractivity contribution in [2.24, 2.45) is 0 Å². The Labute approximate surface area is 150 Å². The molecule has 0 aliphatic carbocycles. The van der Waals surface area contributed by atoms with Crippen molar-refractivity contribution < 1.29 is 17.9 Å². The lowest BCUT2D eigenvalue weighted by Crippen LogP contribution is -2.15. The highest BCUT2D eigenvalue weighted by Gasteiger charge is 2.16. The van der Waals surface area contributed by atoms with Crippen LogP contribution in [-0.4, -0.2) is 31.3 Å². The van der Waals surface area contributed by atoms with E-state index >= 15 is 0 Å². The Morgan fingerprint density at radius 2 is 1.92 bits per heavy atom. The summed E-state index contributed by atoms with van der Waals surface area (Å²) in [6, 6.07) is 5.77.